The number of benzene rings is 2. The number of fused-ring (bicyclic) bond motifs is 1. The Hall–Kier alpha value is -2.71. The number of amides is 1. The Balaban J connectivity index is 1.93. The van der Waals surface area contributed by atoms with Crippen LogP contribution >= 0.6 is 11.6 Å². The zero-order valence-corrected chi connectivity index (χ0v) is 13.0. The van der Waals surface area contributed by atoms with Crippen LogP contribution in [0.3, 0.4) is 0 Å². The average molecular weight is 328 g/mol. The van der Waals surface area contributed by atoms with E-state index in [0.29, 0.717) is 28.6 Å². The third kappa shape index (κ3) is 3.08. The fraction of sp³-hybridized carbons (Fsp3) is 0.176. The van der Waals surface area contributed by atoms with Crippen molar-refractivity contribution in [3.63, 3.8) is 0 Å². The van der Waals surface area contributed by atoms with E-state index in [1.807, 2.05) is 18.2 Å². The van der Waals surface area contributed by atoms with Crippen molar-refractivity contribution in [3.05, 3.63) is 53.1 Å². The third-order valence-electron chi connectivity index (χ3n) is 3.62. The highest BCUT2D eigenvalue weighted by Crippen LogP contribution is 2.36. The molecule has 0 spiro atoms. The van der Waals surface area contributed by atoms with Gasteiger partial charge in [-0.2, -0.15) is 5.26 Å². The summed E-state index contributed by atoms with van der Waals surface area (Å²) in [5, 5.41) is 9.61. The number of hydrogen-bond acceptors (Lipinski definition) is 4. The molecule has 23 heavy (non-hydrogen) atoms. The van der Waals surface area contributed by atoms with Crippen molar-refractivity contribution in [1.29, 1.82) is 5.26 Å². The molecule has 2 aromatic rings. The van der Waals surface area contributed by atoms with Crippen LogP contribution in [0.25, 0.3) is 0 Å². The summed E-state index contributed by atoms with van der Waals surface area (Å²) in [6.45, 7) is -0.0509. The summed E-state index contributed by atoms with van der Waals surface area (Å²) in [7, 11) is 0. The van der Waals surface area contributed by atoms with Gasteiger partial charge < -0.3 is 10.5 Å². The SMILES string of the molecule is N#CCN1C(=O)C(Cc2cccc(Cl)c2)Oc2ccc(N)cc21. The van der Waals surface area contributed by atoms with Crippen molar-refractivity contribution < 1.29 is 9.53 Å². The maximum atomic E-state index is 12.7. The first kappa shape index (κ1) is 15.2. The molecule has 1 aliphatic heterocycles. The summed E-state index contributed by atoms with van der Waals surface area (Å²) >= 11 is 5.98. The fourth-order valence-corrected chi connectivity index (χ4v) is 2.79. The number of anilines is 2. The van der Waals surface area contributed by atoms with Crippen molar-refractivity contribution in [2.24, 2.45) is 0 Å². The zero-order valence-electron chi connectivity index (χ0n) is 12.2. The van der Waals surface area contributed by atoms with E-state index in [1.54, 1.807) is 30.3 Å². The Kier molecular flexibility index (Phi) is 4.09. The van der Waals surface area contributed by atoms with Crippen LogP contribution in [0.15, 0.2) is 42.5 Å². The summed E-state index contributed by atoms with van der Waals surface area (Å²) in [5.74, 6) is 0.283. The Bertz CT molecular complexity index is 801. The molecule has 0 aliphatic carbocycles. The van der Waals surface area contributed by atoms with Crippen molar-refractivity contribution >= 4 is 28.9 Å². The van der Waals surface area contributed by atoms with Gasteiger partial charge in [0.25, 0.3) is 5.91 Å². The van der Waals surface area contributed by atoms with Gasteiger partial charge in [-0.15, -0.1) is 0 Å². The molecule has 0 fully saturated rings. The van der Waals surface area contributed by atoms with Crippen molar-refractivity contribution in [1.82, 2.24) is 0 Å². The number of rotatable bonds is 3. The molecule has 3 rings (SSSR count). The van der Waals surface area contributed by atoms with Gasteiger partial charge in [0.05, 0.1) is 11.8 Å². The van der Waals surface area contributed by atoms with Gasteiger partial charge in [0.1, 0.15) is 12.3 Å². The minimum atomic E-state index is -0.696. The normalized spacial score (nSPS) is 16.4. The average Bonchev–Trinajstić information content (AvgIpc) is 2.52. The van der Waals surface area contributed by atoms with Crippen molar-refractivity contribution in [2.45, 2.75) is 12.5 Å². The van der Waals surface area contributed by atoms with E-state index < -0.39 is 6.10 Å². The molecule has 0 saturated heterocycles. The van der Waals surface area contributed by atoms with Gasteiger partial charge in [-0.25, -0.2) is 0 Å². The Morgan fingerprint density at radius 2 is 2.13 bits per heavy atom. The molecule has 1 heterocycles. The van der Waals surface area contributed by atoms with E-state index >= 15 is 0 Å². The summed E-state index contributed by atoms with van der Waals surface area (Å²) in [6, 6.07) is 14.3. The van der Waals surface area contributed by atoms with E-state index in [-0.39, 0.29) is 12.5 Å². The van der Waals surface area contributed by atoms with Gasteiger partial charge >= 0.3 is 0 Å². The molecule has 1 unspecified atom stereocenters. The van der Waals surface area contributed by atoms with Gasteiger partial charge in [-0.3, -0.25) is 9.69 Å². The molecule has 2 N–H and O–H groups in total. The van der Waals surface area contributed by atoms with Crippen LogP contribution in [0.1, 0.15) is 5.56 Å². The number of nitriles is 1. The van der Waals surface area contributed by atoms with Crippen LogP contribution in [0.2, 0.25) is 5.02 Å². The number of ether oxygens (including phenoxy) is 1. The molecule has 0 bridgehead atoms. The minimum absolute atomic E-state index is 0.0509. The predicted octanol–water partition coefficient (Wildman–Crippen LogP) is 2.78. The molecule has 6 heteroatoms. The van der Waals surface area contributed by atoms with Crippen molar-refractivity contribution in [3.8, 4) is 11.8 Å². The van der Waals surface area contributed by atoms with Crippen LogP contribution in [0.5, 0.6) is 5.75 Å². The summed E-state index contributed by atoms with van der Waals surface area (Å²) in [4.78, 5) is 14.1. The number of nitrogens with zero attached hydrogens (tertiary/aromatic N) is 2. The van der Waals surface area contributed by atoms with Gasteiger partial charge in [-0.05, 0) is 35.9 Å². The largest absolute Gasteiger partial charge is 0.478 e. The highest BCUT2D eigenvalue weighted by molar-refractivity contribution is 6.30. The van der Waals surface area contributed by atoms with Crippen LogP contribution in [-0.4, -0.2) is 18.6 Å². The first-order valence-corrected chi connectivity index (χ1v) is 7.45. The molecule has 0 saturated carbocycles. The first-order chi connectivity index (χ1) is 11.1. The van der Waals surface area contributed by atoms with E-state index in [4.69, 9.17) is 27.3 Å². The standard InChI is InChI=1S/C17H14ClN3O2/c18-12-3-1-2-11(8-12)9-16-17(22)21(7-6-19)14-10-13(20)4-5-15(14)23-16/h1-5,8,10,16H,7,9,20H2. The van der Waals surface area contributed by atoms with E-state index in [9.17, 15) is 4.79 Å². The quantitative estimate of drug-likeness (QED) is 0.694. The molecule has 2 aromatic carbocycles. The summed E-state index contributed by atoms with van der Waals surface area (Å²) < 4.78 is 5.82. The van der Waals surface area contributed by atoms with Crippen LogP contribution in [0, 0.1) is 11.3 Å². The molecular formula is C17H14ClN3O2. The first-order valence-electron chi connectivity index (χ1n) is 7.07. The molecular weight excluding hydrogens is 314 g/mol. The van der Waals surface area contributed by atoms with Crippen molar-refractivity contribution in [2.75, 3.05) is 17.2 Å². The fourth-order valence-electron chi connectivity index (χ4n) is 2.58. The predicted molar refractivity (Wildman–Crippen MR) is 88.4 cm³/mol. The van der Waals surface area contributed by atoms with Gasteiger partial charge in [-0.1, -0.05) is 23.7 Å². The summed E-state index contributed by atoms with van der Waals surface area (Å²) in [6.07, 6.45) is -0.316. The maximum Gasteiger partial charge on any atom is 0.269 e. The topological polar surface area (TPSA) is 79.3 Å². The lowest BCUT2D eigenvalue weighted by atomic mass is 10.0. The van der Waals surface area contributed by atoms with E-state index in [1.165, 1.54) is 4.90 Å². The van der Waals surface area contributed by atoms with Gasteiger partial charge in [0, 0.05) is 17.1 Å². The highest BCUT2D eigenvalue weighted by atomic mass is 35.5. The molecule has 116 valence electrons. The Morgan fingerprint density at radius 3 is 2.87 bits per heavy atom. The molecule has 0 aromatic heterocycles. The second-order valence-electron chi connectivity index (χ2n) is 5.25. The monoisotopic (exact) mass is 327 g/mol. The smallest absolute Gasteiger partial charge is 0.269 e. The number of nitrogens with two attached hydrogens (primary N) is 1. The third-order valence-corrected chi connectivity index (χ3v) is 3.86. The molecule has 0 radical (unpaired) electrons. The number of nitrogen functional groups attached to an aromatic ring is 1. The Labute approximate surface area is 138 Å². The second kappa shape index (κ2) is 6.19. The number of halogens is 1. The lowest BCUT2D eigenvalue weighted by molar-refractivity contribution is -0.126. The number of carbonyl (C=O) groups is 1. The van der Waals surface area contributed by atoms with E-state index in [2.05, 4.69) is 0 Å². The minimum Gasteiger partial charge on any atom is -0.478 e. The number of carbonyl (C=O) groups excluding carboxylic acids is 1. The zero-order chi connectivity index (χ0) is 16.4. The molecule has 5 nitrogen and oxygen atoms in total. The van der Waals surface area contributed by atoms with Crippen LogP contribution in [0.4, 0.5) is 11.4 Å². The van der Waals surface area contributed by atoms with Gasteiger partial charge in [0.15, 0.2) is 6.10 Å². The summed E-state index contributed by atoms with van der Waals surface area (Å²) in [5.41, 5.74) is 7.70. The lowest BCUT2D eigenvalue weighted by Crippen LogP contribution is -2.47. The molecule has 1 amide bonds. The second-order valence-corrected chi connectivity index (χ2v) is 5.69. The lowest BCUT2D eigenvalue weighted by Gasteiger charge is -2.33. The van der Waals surface area contributed by atoms with Crippen LogP contribution < -0.4 is 15.4 Å². The maximum absolute atomic E-state index is 12.7. The molecule has 1 aliphatic rings. The van der Waals surface area contributed by atoms with Crippen LogP contribution in [-0.2, 0) is 11.2 Å². The number of hydrogen-bond donors (Lipinski definition) is 1. The highest BCUT2D eigenvalue weighted by Gasteiger charge is 2.34. The van der Waals surface area contributed by atoms with E-state index in [0.717, 1.165) is 5.56 Å². The molecule has 1 atom stereocenters. The van der Waals surface area contributed by atoms with Gasteiger partial charge in [0.2, 0.25) is 0 Å². The Morgan fingerprint density at radius 1 is 1.30 bits per heavy atom.